The first-order chi connectivity index (χ1) is 12.7. The summed E-state index contributed by atoms with van der Waals surface area (Å²) < 4.78 is 5.92. The third-order valence-corrected chi connectivity index (χ3v) is 3.81. The van der Waals surface area contributed by atoms with Gasteiger partial charge in [0.2, 0.25) is 5.91 Å². The van der Waals surface area contributed by atoms with E-state index in [1.165, 1.54) is 0 Å². The topological polar surface area (TPSA) is 84.6 Å². The molecule has 0 aliphatic carbocycles. The van der Waals surface area contributed by atoms with E-state index < -0.39 is 18.6 Å². The number of carbonyl (C=O) groups excluding carboxylic acids is 1. The molecule has 0 heterocycles. The van der Waals surface area contributed by atoms with Crippen molar-refractivity contribution in [2.45, 2.75) is 6.04 Å². The number of amides is 1. The minimum absolute atomic E-state index is 0.408. The van der Waals surface area contributed by atoms with Crippen LogP contribution in [-0.2, 0) is 4.79 Å². The van der Waals surface area contributed by atoms with Crippen LogP contribution in [0.2, 0.25) is 0 Å². The van der Waals surface area contributed by atoms with Crippen molar-refractivity contribution in [1.82, 2.24) is 0 Å². The van der Waals surface area contributed by atoms with Crippen molar-refractivity contribution in [3.05, 3.63) is 78.9 Å². The molecule has 3 aromatic carbocycles. The van der Waals surface area contributed by atoms with Crippen molar-refractivity contribution in [3.63, 3.8) is 0 Å². The molecule has 0 aromatic heterocycles. The van der Waals surface area contributed by atoms with Gasteiger partial charge in [0.05, 0.1) is 6.61 Å². The molecule has 0 bridgehead atoms. The first-order valence-electron chi connectivity index (χ1n) is 8.26. The van der Waals surface area contributed by atoms with E-state index in [2.05, 4.69) is 5.32 Å². The van der Waals surface area contributed by atoms with Crippen LogP contribution < -0.4 is 15.8 Å². The molecule has 0 radical (unpaired) electrons. The highest BCUT2D eigenvalue weighted by molar-refractivity contribution is 5.94. The van der Waals surface area contributed by atoms with Gasteiger partial charge in [-0.2, -0.15) is 0 Å². The molecule has 0 aliphatic heterocycles. The fourth-order valence-corrected chi connectivity index (χ4v) is 2.46. The van der Waals surface area contributed by atoms with Gasteiger partial charge in [-0.1, -0.05) is 48.5 Å². The van der Waals surface area contributed by atoms with Crippen LogP contribution in [0, 0.1) is 0 Å². The third-order valence-electron chi connectivity index (χ3n) is 3.81. The minimum Gasteiger partial charge on any atom is -0.457 e. The Balaban J connectivity index is 1.75. The molecule has 0 aliphatic rings. The van der Waals surface area contributed by atoms with Crippen molar-refractivity contribution in [1.29, 1.82) is 0 Å². The molecule has 0 spiro atoms. The van der Waals surface area contributed by atoms with Gasteiger partial charge >= 0.3 is 0 Å². The smallest absolute Gasteiger partial charge is 0.243 e. The molecule has 0 saturated heterocycles. The van der Waals surface area contributed by atoms with Crippen molar-refractivity contribution in [2.24, 2.45) is 5.73 Å². The van der Waals surface area contributed by atoms with Crippen LogP contribution in [-0.4, -0.2) is 23.7 Å². The average Bonchev–Trinajstić information content (AvgIpc) is 2.68. The fourth-order valence-electron chi connectivity index (χ4n) is 2.46. The number of carbonyl (C=O) groups is 1. The molecule has 5 heteroatoms. The highest BCUT2D eigenvalue weighted by atomic mass is 16.5. The number of rotatable bonds is 6. The molecule has 3 rings (SSSR count). The van der Waals surface area contributed by atoms with Crippen molar-refractivity contribution < 1.29 is 14.6 Å². The van der Waals surface area contributed by atoms with Crippen molar-refractivity contribution in [3.8, 4) is 22.6 Å². The number of anilines is 1. The summed E-state index contributed by atoms with van der Waals surface area (Å²) in [4.78, 5) is 11.8. The Morgan fingerprint density at radius 2 is 1.58 bits per heavy atom. The maximum Gasteiger partial charge on any atom is 0.243 e. The van der Waals surface area contributed by atoms with E-state index in [4.69, 9.17) is 15.6 Å². The Labute approximate surface area is 152 Å². The van der Waals surface area contributed by atoms with Gasteiger partial charge in [0.1, 0.15) is 17.5 Å². The Morgan fingerprint density at radius 1 is 0.923 bits per heavy atom. The average molecular weight is 348 g/mol. The van der Waals surface area contributed by atoms with Gasteiger partial charge in [-0.25, -0.2) is 0 Å². The summed E-state index contributed by atoms with van der Waals surface area (Å²) >= 11 is 0. The first kappa shape index (κ1) is 17.7. The van der Waals surface area contributed by atoms with Crippen LogP contribution in [0.5, 0.6) is 11.5 Å². The maximum absolute atomic E-state index is 11.8. The molecule has 1 unspecified atom stereocenters. The zero-order valence-corrected chi connectivity index (χ0v) is 14.1. The number of hydrogen-bond acceptors (Lipinski definition) is 4. The standard InChI is InChI=1S/C21H20N2O3/c22-20(14-24)21(25)23-17-9-5-11-19(13-17)26-18-10-4-8-16(12-18)15-6-2-1-3-7-15/h1-13,20,24H,14,22H2,(H,23,25). The summed E-state index contributed by atoms with van der Waals surface area (Å²) in [5.74, 6) is 0.836. The zero-order chi connectivity index (χ0) is 18.4. The van der Waals surface area contributed by atoms with Gasteiger partial charge in [-0.3, -0.25) is 4.79 Å². The molecule has 26 heavy (non-hydrogen) atoms. The molecule has 1 atom stereocenters. The Kier molecular flexibility index (Phi) is 5.63. The SMILES string of the molecule is NC(CO)C(=O)Nc1cccc(Oc2cccc(-c3ccccc3)c2)c1. The number of hydrogen-bond donors (Lipinski definition) is 3. The van der Waals surface area contributed by atoms with E-state index in [0.29, 0.717) is 17.2 Å². The van der Waals surface area contributed by atoms with E-state index in [-0.39, 0.29) is 0 Å². The molecular weight excluding hydrogens is 328 g/mol. The van der Waals surface area contributed by atoms with Gasteiger partial charge in [-0.15, -0.1) is 0 Å². The number of aliphatic hydroxyl groups is 1. The second-order valence-electron chi connectivity index (χ2n) is 5.80. The second kappa shape index (κ2) is 8.29. The van der Waals surface area contributed by atoms with Gasteiger partial charge < -0.3 is 20.9 Å². The van der Waals surface area contributed by atoms with Crippen LogP contribution in [0.25, 0.3) is 11.1 Å². The molecule has 3 aromatic rings. The Bertz CT molecular complexity index is 881. The molecular formula is C21H20N2O3. The lowest BCUT2D eigenvalue weighted by Gasteiger charge is -2.12. The van der Waals surface area contributed by atoms with Crippen molar-refractivity contribution >= 4 is 11.6 Å². The lowest BCUT2D eigenvalue weighted by atomic mass is 10.1. The van der Waals surface area contributed by atoms with E-state index in [1.54, 1.807) is 24.3 Å². The van der Waals surface area contributed by atoms with E-state index >= 15 is 0 Å². The molecule has 0 fully saturated rings. The maximum atomic E-state index is 11.8. The Hall–Kier alpha value is -3.15. The Morgan fingerprint density at radius 3 is 2.31 bits per heavy atom. The van der Waals surface area contributed by atoms with Crippen molar-refractivity contribution in [2.75, 3.05) is 11.9 Å². The molecule has 5 nitrogen and oxygen atoms in total. The fraction of sp³-hybridized carbons (Fsp3) is 0.0952. The largest absolute Gasteiger partial charge is 0.457 e. The summed E-state index contributed by atoms with van der Waals surface area (Å²) in [7, 11) is 0. The lowest BCUT2D eigenvalue weighted by Crippen LogP contribution is -2.38. The second-order valence-corrected chi connectivity index (χ2v) is 5.80. The first-order valence-corrected chi connectivity index (χ1v) is 8.26. The van der Waals surface area contributed by atoms with Crippen LogP contribution in [0.3, 0.4) is 0 Å². The predicted octanol–water partition coefficient (Wildman–Crippen LogP) is 3.40. The predicted molar refractivity (Wildman–Crippen MR) is 102 cm³/mol. The zero-order valence-electron chi connectivity index (χ0n) is 14.1. The summed E-state index contributed by atoms with van der Waals surface area (Å²) in [6.45, 7) is -0.408. The number of ether oxygens (including phenoxy) is 1. The molecule has 0 saturated carbocycles. The number of aliphatic hydroxyl groups excluding tert-OH is 1. The number of nitrogens with two attached hydrogens (primary N) is 1. The summed E-state index contributed by atoms with van der Waals surface area (Å²) in [5.41, 5.74) is 8.22. The summed E-state index contributed by atoms with van der Waals surface area (Å²) in [5, 5.41) is 11.6. The molecule has 132 valence electrons. The van der Waals surface area contributed by atoms with Crippen LogP contribution in [0.1, 0.15) is 0 Å². The van der Waals surface area contributed by atoms with Gasteiger partial charge in [0.25, 0.3) is 0 Å². The van der Waals surface area contributed by atoms with Crippen LogP contribution in [0.4, 0.5) is 5.69 Å². The van der Waals surface area contributed by atoms with Gasteiger partial charge in [0, 0.05) is 11.8 Å². The molecule has 1 amide bonds. The third kappa shape index (κ3) is 4.47. The molecule has 4 N–H and O–H groups in total. The van der Waals surface area contributed by atoms with Crippen LogP contribution in [0.15, 0.2) is 78.9 Å². The number of nitrogens with one attached hydrogen (secondary N) is 1. The minimum atomic E-state index is -0.956. The van der Waals surface area contributed by atoms with Gasteiger partial charge in [-0.05, 0) is 35.4 Å². The highest BCUT2D eigenvalue weighted by Gasteiger charge is 2.12. The number of benzene rings is 3. The van der Waals surface area contributed by atoms with Crippen LogP contribution >= 0.6 is 0 Å². The van der Waals surface area contributed by atoms with E-state index in [1.807, 2.05) is 54.6 Å². The summed E-state index contributed by atoms with van der Waals surface area (Å²) in [6, 6.07) is 23.9. The lowest BCUT2D eigenvalue weighted by molar-refractivity contribution is -0.118. The van der Waals surface area contributed by atoms with Gasteiger partial charge in [0.15, 0.2) is 0 Å². The van der Waals surface area contributed by atoms with E-state index in [0.717, 1.165) is 11.1 Å². The summed E-state index contributed by atoms with van der Waals surface area (Å²) in [6.07, 6.45) is 0. The normalized spacial score (nSPS) is 11.6. The quantitative estimate of drug-likeness (QED) is 0.637. The highest BCUT2D eigenvalue weighted by Crippen LogP contribution is 2.28. The monoisotopic (exact) mass is 348 g/mol. The van der Waals surface area contributed by atoms with E-state index in [9.17, 15) is 4.79 Å².